The molecule has 1 aliphatic rings. The van der Waals surface area contributed by atoms with E-state index in [9.17, 15) is 9.59 Å². The third-order valence-electron chi connectivity index (χ3n) is 5.97. The van der Waals surface area contributed by atoms with Gasteiger partial charge in [0.05, 0.1) is 36.1 Å². The fourth-order valence-electron chi connectivity index (χ4n) is 4.29. The van der Waals surface area contributed by atoms with Gasteiger partial charge in [-0.05, 0) is 43.0 Å². The predicted molar refractivity (Wildman–Crippen MR) is 133 cm³/mol. The van der Waals surface area contributed by atoms with Gasteiger partial charge in [-0.25, -0.2) is 8.97 Å². The molecule has 0 radical (unpaired) electrons. The second-order valence-corrected chi connectivity index (χ2v) is 10.7. The van der Waals surface area contributed by atoms with Crippen LogP contribution < -0.4 is 5.56 Å². The van der Waals surface area contributed by atoms with Crippen molar-refractivity contribution in [2.75, 3.05) is 12.4 Å². The van der Waals surface area contributed by atoms with Crippen LogP contribution in [0.1, 0.15) is 36.8 Å². The number of esters is 1. The largest absolute Gasteiger partial charge is 0.465 e. The summed E-state index contributed by atoms with van der Waals surface area (Å²) in [6.45, 7) is 8.85. The van der Waals surface area contributed by atoms with E-state index in [0.717, 1.165) is 26.5 Å². The van der Waals surface area contributed by atoms with Crippen LogP contribution in [0, 0.1) is 12.8 Å². The molecule has 1 aromatic carbocycles. The van der Waals surface area contributed by atoms with E-state index in [1.54, 1.807) is 22.8 Å². The van der Waals surface area contributed by atoms with Crippen LogP contribution in [-0.4, -0.2) is 43.6 Å². The van der Waals surface area contributed by atoms with E-state index in [1.807, 2.05) is 35.6 Å². The molecule has 4 heterocycles. The van der Waals surface area contributed by atoms with Gasteiger partial charge in [0.1, 0.15) is 4.83 Å². The SMILES string of the molecule is CCOC(=O)CSc1nnc2n(-c3cccc(C)c3)c(=O)c3c4c(sc3n12)CO[C@H](C(C)C)C4. The minimum absolute atomic E-state index is 0.0615. The van der Waals surface area contributed by atoms with E-state index in [2.05, 4.69) is 24.0 Å². The summed E-state index contributed by atoms with van der Waals surface area (Å²) in [6, 6.07) is 7.79. The highest BCUT2D eigenvalue weighted by Crippen LogP contribution is 2.37. The summed E-state index contributed by atoms with van der Waals surface area (Å²) >= 11 is 2.80. The van der Waals surface area contributed by atoms with Crippen molar-refractivity contribution in [3.63, 3.8) is 0 Å². The number of carbonyl (C=O) groups is 1. The van der Waals surface area contributed by atoms with Crippen LogP contribution >= 0.6 is 23.1 Å². The fourth-order valence-corrected chi connectivity index (χ4v) is 6.32. The molecule has 3 aromatic heterocycles. The lowest BCUT2D eigenvalue weighted by Gasteiger charge is -2.26. The maximum atomic E-state index is 14.0. The Balaban J connectivity index is 1.77. The van der Waals surface area contributed by atoms with Crippen LogP contribution in [0.25, 0.3) is 21.7 Å². The zero-order valence-electron chi connectivity index (χ0n) is 19.5. The Hall–Kier alpha value is -2.69. The van der Waals surface area contributed by atoms with Gasteiger partial charge in [0.15, 0.2) is 5.16 Å². The highest BCUT2D eigenvalue weighted by Gasteiger charge is 2.30. The van der Waals surface area contributed by atoms with Crippen LogP contribution in [0.4, 0.5) is 0 Å². The molecule has 0 bridgehead atoms. The van der Waals surface area contributed by atoms with Gasteiger partial charge in [-0.3, -0.25) is 9.59 Å². The number of rotatable bonds is 6. The van der Waals surface area contributed by atoms with Crippen LogP contribution in [-0.2, 0) is 27.3 Å². The van der Waals surface area contributed by atoms with Crippen LogP contribution in [0.15, 0.2) is 34.2 Å². The Labute approximate surface area is 204 Å². The van der Waals surface area contributed by atoms with E-state index in [1.165, 1.54) is 11.8 Å². The molecule has 0 fully saturated rings. The summed E-state index contributed by atoms with van der Waals surface area (Å²) in [4.78, 5) is 27.8. The molecule has 0 amide bonds. The molecule has 0 aliphatic carbocycles. The molecule has 34 heavy (non-hydrogen) atoms. The van der Waals surface area contributed by atoms with Gasteiger partial charge in [0, 0.05) is 11.3 Å². The number of thiophene rings is 1. The van der Waals surface area contributed by atoms with E-state index in [0.29, 0.717) is 41.9 Å². The van der Waals surface area contributed by atoms with Crippen molar-refractivity contribution in [1.82, 2.24) is 19.2 Å². The Morgan fingerprint density at radius 3 is 2.91 bits per heavy atom. The number of hydrogen-bond donors (Lipinski definition) is 0. The first-order valence-electron chi connectivity index (χ1n) is 11.3. The number of aromatic nitrogens is 4. The molecule has 0 saturated heterocycles. The third-order valence-corrected chi connectivity index (χ3v) is 8.06. The number of ether oxygens (including phenoxy) is 2. The summed E-state index contributed by atoms with van der Waals surface area (Å²) < 4.78 is 14.7. The normalized spacial score (nSPS) is 15.9. The molecule has 0 saturated carbocycles. The third kappa shape index (κ3) is 3.93. The summed E-state index contributed by atoms with van der Waals surface area (Å²) in [5.41, 5.74) is 2.72. The molecule has 8 nitrogen and oxygen atoms in total. The lowest BCUT2D eigenvalue weighted by molar-refractivity contribution is -0.139. The van der Waals surface area contributed by atoms with E-state index >= 15 is 0 Å². The second-order valence-electron chi connectivity index (χ2n) is 8.67. The molecule has 0 spiro atoms. The van der Waals surface area contributed by atoms with Crippen molar-refractivity contribution in [3.05, 3.63) is 50.6 Å². The first kappa shape index (κ1) is 23.1. The van der Waals surface area contributed by atoms with Gasteiger partial charge < -0.3 is 9.47 Å². The van der Waals surface area contributed by atoms with Gasteiger partial charge in [0.2, 0.25) is 5.78 Å². The first-order valence-corrected chi connectivity index (χ1v) is 13.1. The second kappa shape index (κ2) is 9.16. The van der Waals surface area contributed by atoms with E-state index in [-0.39, 0.29) is 23.4 Å². The molecule has 1 aliphatic heterocycles. The number of nitrogens with zero attached hydrogens (tertiary/aromatic N) is 4. The smallest absolute Gasteiger partial charge is 0.316 e. The maximum absolute atomic E-state index is 14.0. The highest BCUT2D eigenvalue weighted by atomic mass is 32.2. The van der Waals surface area contributed by atoms with Crippen molar-refractivity contribution in [2.24, 2.45) is 5.92 Å². The lowest BCUT2D eigenvalue weighted by Crippen LogP contribution is -2.28. The zero-order valence-corrected chi connectivity index (χ0v) is 21.2. The standard InChI is InChI=1S/C24H26N4O4S2/c1-5-31-19(29)12-33-24-26-25-23-27(15-8-6-7-14(4)9-15)21(30)20-16-10-17(13(2)3)32-11-18(16)34-22(20)28(23)24/h6-9,13,17H,5,10-12H2,1-4H3/t17-/m0/s1. The average molecular weight is 499 g/mol. The minimum Gasteiger partial charge on any atom is -0.465 e. The van der Waals surface area contributed by atoms with Crippen molar-refractivity contribution in [3.8, 4) is 5.69 Å². The summed E-state index contributed by atoms with van der Waals surface area (Å²) in [5.74, 6) is 0.570. The minimum atomic E-state index is -0.314. The van der Waals surface area contributed by atoms with Crippen molar-refractivity contribution in [2.45, 2.75) is 52.0 Å². The van der Waals surface area contributed by atoms with Gasteiger partial charge >= 0.3 is 5.97 Å². The van der Waals surface area contributed by atoms with E-state index < -0.39 is 0 Å². The molecule has 5 rings (SSSR count). The maximum Gasteiger partial charge on any atom is 0.316 e. The molecule has 0 unspecified atom stereocenters. The van der Waals surface area contributed by atoms with Crippen molar-refractivity contribution < 1.29 is 14.3 Å². The first-order chi connectivity index (χ1) is 16.4. The molecule has 1 atom stereocenters. The van der Waals surface area contributed by atoms with Crippen molar-refractivity contribution >= 4 is 45.1 Å². The number of carbonyl (C=O) groups excluding carboxylic acids is 1. The number of benzene rings is 1. The molecule has 10 heteroatoms. The predicted octanol–water partition coefficient (Wildman–Crippen LogP) is 4.16. The van der Waals surface area contributed by atoms with Crippen molar-refractivity contribution in [1.29, 1.82) is 0 Å². The Morgan fingerprint density at radius 2 is 2.18 bits per heavy atom. The number of thioether (sulfide) groups is 1. The van der Waals surface area contributed by atoms with Gasteiger partial charge in [-0.2, -0.15) is 0 Å². The Morgan fingerprint density at radius 1 is 1.35 bits per heavy atom. The van der Waals surface area contributed by atoms with Gasteiger partial charge in [-0.1, -0.05) is 37.7 Å². The van der Waals surface area contributed by atoms with E-state index in [4.69, 9.17) is 9.47 Å². The summed E-state index contributed by atoms with van der Waals surface area (Å²) in [6.07, 6.45) is 0.751. The van der Waals surface area contributed by atoms with Crippen LogP contribution in [0.3, 0.4) is 0 Å². The Bertz CT molecular complexity index is 1450. The van der Waals surface area contributed by atoms with Crippen LogP contribution in [0.2, 0.25) is 0 Å². The molecular weight excluding hydrogens is 472 g/mol. The number of hydrogen-bond acceptors (Lipinski definition) is 8. The molecule has 4 aromatic rings. The molecule has 0 N–H and O–H groups in total. The monoisotopic (exact) mass is 498 g/mol. The lowest BCUT2D eigenvalue weighted by atomic mass is 9.96. The summed E-state index contributed by atoms with van der Waals surface area (Å²) in [5, 5.41) is 9.98. The molecule has 178 valence electrons. The van der Waals surface area contributed by atoms with Crippen LogP contribution in [0.5, 0.6) is 0 Å². The zero-order chi connectivity index (χ0) is 24.0. The average Bonchev–Trinajstić information content (AvgIpc) is 3.39. The van der Waals surface area contributed by atoms with Gasteiger partial charge in [-0.15, -0.1) is 21.5 Å². The van der Waals surface area contributed by atoms with Gasteiger partial charge in [0.25, 0.3) is 5.56 Å². The molecular formula is C24H26N4O4S2. The number of fused-ring (bicyclic) bond motifs is 5. The number of aryl methyl sites for hydroxylation is 1. The fraction of sp³-hybridized carbons (Fsp3) is 0.417. The Kier molecular flexibility index (Phi) is 6.22. The highest BCUT2D eigenvalue weighted by molar-refractivity contribution is 7.99. The topological polar surface area (TPSA) is 87.7 Å². The quantitative estimate of drug-likeness (QED) is 0.291. The summed E-state index contributed by atoms with van der Waals surface area (Å²) in [7, 11) is 0.